The van der Waals surface area contributed by atoms with Crippen molar-refractivity contribution < 1.29 is 0 Å². The zero-order valence-corrected chi connectivity index (χ0v) is 33.8. The third-order valence-corrected chi connectivity index (χ3v) is 19.8. The van der Waals surface area contributed by atoms with E-state index in [-0.39, 0.29) is 26.7 Å². The summed E-state index contributed by atoms with van der Waals surface area (Å²) in [7, 11) is -0.0821. The summed E-state index contributed by atoms with van der Waals surface area (Å²) in [5, 5.41) is 0. The second kappa shape index (κ2) is 16.7. The number of rotatable bonds is 9. The second-order valence-electron chi connectivity index (χ2n) is 18.5. The molecular formula is C44H70N2P2. The van der Waals surface area contributed by atoms with E-state index in [9.17, 15) is 0 Å². The predicted molar refractivity (Wildman–Crippen MR) is 214 cm³/mol. The third-order valence-electron chi connectivity index (χ3n) is 12.6. The molecule has 0 atom stereocenters. The van der Waals surface area contributed by atoms with E-state index in [1.54, 1.807) is 0 Å². The van der Waals surface area contributed by atoms with E-state index in [0.29, 0.717) is 0 Å². The average Bonchev–Trinajstić information content (AvgIpc) is 3.10. The van der Waals surface area contributed by atoms with Crippen molar-refractivity contribution in [2.24, 2.45) is 0 Å². The van der Waals surface area contributed by atoms with Crippen molar-refractivity contribution in [1.29, 1.82) is 0 Å². The van der Waals surface area contributed by atoms with Crippen molar-refractivity contribution in [3.8, 4) is 11.4 Å². The van der Waals surface area contributed by atoms with Gasteiger partial charge in [-0.25, -0.2) is 0 Å². The van der Waals surface area contributed by atoms with E-state index in [1.807, 2.05) is 0 Å². The van der Waals surface area contributed by atoms with Crippen molar-refractivity contribution in [3.05, 3.63) is 46.8 Å². The molecule has 48 heavy (non-hydrogen) atoms. The highest BCUT2D eigenvalue weighted by Crippen LogP contribution is 2.59. The van der Waals surface area contributed by atoms with Gasteiger partial charge in [-0.05, 0) is 120 Å². The highest BCUT2D eigenvalue weighted by molar-refractivity contribution is 7.58. The molecule has 0 aromatic carbocycles. The van der Waals surface area contributed by atoms with Crippen LogP contribution in [-0.4, -0.2) is 32.6 Å². The fraction of sp³-hybridized carbons (Fsp3) is 0.773. The molecule has 4 fully saturated rings. The molecule has 0 spiro atoms. The van der Waals surface area contributed by atoms with Gasteiger partial charge >= 0.3 is 0 Å². The zero-order chi connectivity index (χ0) is 33.7. The fourth-order valence-electron chi connectivity index (χ4n) is 9.60. The van der Waals surface area contributed by atoms with Crippen LogP contribution < -0.4 is 0 Å². The molecule has 2 aromatic heterocycles. The Kier molecular flexibility index (Phi) is 12.8. The lowest BCUT2D eigenvalue weighted by atomic mass is 9.85. The SMILES string of the molecule is CC(C)(C)c1cc(CP(C2CCCCC2)C2CCCCC2)nc(-c2cc(C(C)(C)C)cc(CP(C3CCCCC3)C3CCCCC3)n2)c1. The molecule has 4 heteroatoms. The van der Waals surface area contributed by atoms with Gasteiger partial charge in [0.25, 0.3) is 0 Å². The Bertz CT molecular complexity index is 1160. The van der Waals surface area contributed by atoms with Crippen LogP contribution in [0.2, 0.25) is 0 Å². The van der Waals surface area contributed by atoms with E-state index < -0.39 is 0 Å². The maximum Gasteiger partial charge on any atom is 0.0892 e. The lowest BCUT2D eigenvalue weighted by molar-refractivity contribution is 0.483. The third kappa shape index (κ3) is 9.73. The summed E-state index contributed by atoms with van der Waals surface area (Å²) in [5.41, 5.74) is 11.9. The maximum absolute atomic E-state index is 5.63. The average molecular weight is 689 g/mol. The first-order chi connectivity index (χ1) is 23.0. The van der Waals surface area contributed by atoms with E-state index in [2.05, 4.69) is 65.8 Å². The summed E-state index contributed by atoms with van der Waals surface area (Å²) in [6.45, 7) is 14.4. The molecule has 266 valence electrons. The highest BCUT2D eigenvalue weighted by atomic mass is 31.1. The second-order valence-corrected chi connectivity index (χ2v) is 24.1. The van der Waals surface area contributed by atoms with Gasteiger partial charge in [-0.2, -0.15) is 0 Å². The molecule has 0 aliphatic heterocycles. The van der Waals surface area contributed by atoms with Crippen molar-refractivity contribution in [2.75, 3.05) is 0 Å². The Hall–Kier alpha value is -0.840. The number of hydrogen-bond donors (Lipinski definition) is 0. The Morgan fingerprint density at radius 1 is 0.438 bits per heavy atom. The minimum Gasteiger partial charge on any atom is -0.251 e. The summed E-state index contributed by atoms with van der Waals surface area (Å²) in [6.07, 6.45) is 31.6. The van der Waals surface area contributed by atoms with Crippen LogP contribution in [0.25, 0.3) is 11.4 Å². The molecule has 2 nitrogen and oxygen atoms in total. The zero-order valence-electron chi connectivity index (χ0n) is 32.0. The monoisotopic (exact) mass is 689 g/mol. The topological polar surface area (TPSA) is 25.8 Å². The number of hydrogen-bond acceptors (Lipinski definition) is 2. The van der Waals surface area contributed by atoms with E-state index in [0.717, 1.165) is 34.0 Å². The smallest absolute Gasteiger partial charge is 0.0892 e. The van der Waals surface area contributed by atoms with Crippen LogP contribution >= 0.6 is 15.8 Å². The maximum atomic E-state index is 5.63. The van der Waals surface area contributed by atoms with Crippen LogP contribution in [0.4, 0.5) is 0 Å². The Labute approximate surface area is 298 Å². The van der Waals surface area contributed by atoms with Gasteiger partial charge in [0.2, 0.25) is 0 Å². The summed E-state index contributed by atoms with van der Waals surface area (Å²) in [5.74, 6) is 0. The van der Waals surface area contributed by atoms with Crippen molar-refractivity contribution in [2.45, 2.75) is 216 Å². The largest absolute Gasteiger partial charge is 0.251 e. The molecule has 4 aliphatic rings. The van der Waals surface area contributed by atoms with Gasteiger partial charge in [0.15, 0.2) is 0 Å². The molecule has 0 radical (unpaired) electrons. The minimum absolute atomic E-state index is 0.0410. The molecule has 0 amide bonds. The molecule has 4 aliphatic carbocycles. The predicted octanol–water partition coefficient (Wildman–Crippen LogP) is 14.0. The molecule has 4 saturated carbocycles. The highest BCUT2D eigenvalue weighted by Gasteiger charge is 2.34. The van der Waals surface area contributed by atoms with Crippen LogP contribution in [0.5, 0.6) is 0 Å². The van der Waals surface area contributed by atoms with Crippen LogP contribution in [0, 0.1) is 0 Å². The normalized spacial score (nSPS) is 21.8. The van der Waals surface area contributed by atoms with E-state index in [1.165, 1.54) is 163 Å². The summed E-state index contributed by atoms with van der Waals surface area (Å²) < 4.78 is 0. The quantitative estimate of drug-likeness (QED) is 0.245. The molecule has 2 heterocycles. The van der Waals surface area contributed by atoms with Gasteiger partial charge < -0.3 is 0 Å². The molecule has 0 bridgehead atoms. The minimum atomic E-state index is -0.0410. The van der Waals surface area contributed by atoms with Crippen molar-refractivity contribution >= 4 is 15.8 Å². The van der Waals surface area contributed by atoms with Gasteiger partial charge in [-0.15, -0.1) is 0 Å². The van der Waals surface area contributed by atoms with Gasteiger partial charge in [0, 0.05) is 23.7 Å². The summed E-state index contributed by atoms with van der Waals surface area (Å²) in [4.78, 5) is 11.3. The molecule has 0 N–H and O–H groups in total. The first-order valence-corrected chi connectivity index (χ1v) is 23.9. The van der Waals surface area contributed by atoms with Crippen LogP contribution in [0.3, 0.4) is 0 Å². The van der Waals surface area contributed by atoms with Gasteiger partial charge in [0.1, 0.15) is 0 Å². The lowest BCUT2D eigenvalue weighted by Crippen LogP contribution is -2.22. The molecule has 0 unspecified atom stereocenters. The summed E-state index contributed by atoms with van der Waals surface area (Å²) >= 11 is 0. The van der Waals surface area contributed by atoms with Gasteiger partial charge in [-0.3, -0.25) is 9.97 Å². The van der Waals surface area contributed by atoms with Crippen LogP contribution in [0.15, 0.2) is 24.3 Å². The Morgan fingerprint density at radius 2 is 0.708 bits per heavy atom. The first kappa shape index (κ1) is 36.9. The number of nitrogens with zero attached hydrogens (tertiary/aromatic N) is 2. The first-order valence-electron chi connectivity index (χ1n) is 20.6. The lowest BCUT2D eigenvalue weighted by Gasteiger charge is -2.39. The standard InChI is InChI=1S/C44H70N2P2/c1-43(2,3)33-27-35(31-47(37-19-11-7-12-20-37)38-21-13-8-14-22-38)45-41(29-33)42-30-34(44(4,5)6)28-36(46-42)32-48(39-23-15-9-16-24-39)40-25-17-10-18-26-40/h27-30,37-40H,7-26,31-32H2,1-6H3. The van der Waals surface area contributed by atoms with Crippen molar-refractivity contribution in [1.82, 2.24) is 9.97 Å². The van der Waals surface area contributed by atoms with E-state index >= 15 is 0 Å². The molecule has 0 saturated heterocycles. The fourth-order valence-corrected chi connectivity index (χ4v) is 17.0. The molecule has 2 aromatic rings. The molecule has 6 rings (SSSR count). The van der Waals surface area contributed by atoms with Crippen LogP contribution in [-0.2, 0) is 23.2 Å². The summed E-state index contributed by atoms with van der Waals surface area (Å²) in [6, 6.07) is 9.89. The Balaban J connectivity index is 1.37. The number of pyridine rings is 2. The molecular weight excluding hydrogens is 618 g/mol. The Morgan fingerprint density at radius 3 is 0.958 bits per heavy atom. The van der Waals surface area contributed by atoms with E-state index in [4.69, 9.17) is 9.97 Å². The van der Waals surface area contributed by atoms with Gasteiger partial charge in [-0.1, -0.05) is 134 Å². The van der Waals surface area contributed by atoms with Gasteiger partial charge in [0.05, 0.1) is 11.4 Å². The number of aromatic nitrogens is 2. The van der Waals surface area contributed by atoms with Crippen molar-refractivity contribution in [3.63, 3.8) is 0 Å². The van der Waals surface area contributed by atoms with Crippen LogP contribution in [0.1, 0.15) is 192 Å².